The highest BCUT2D eigenvalue weighted by Gasteiger charge is 2.42. The largest absolute Gasteiger partial charge is 0.398 e. The van der Waals surface area contributed by atoms with Gasteiger partial charge in [-0.2, -0.15) is 0 Å². The first-order valence-corrected chi connectivity index (χ1v) is 6.52. The number of nitrogens with zero attached hydrogens (tertiary/aromatic N) is 1. The molecular weight excluding hydrogens is 268 g/mol. The molecule has 1 saturated heterocycles. The Morgan fingerprint density at radius 2 is 1.79 bits per heavy atom. The van der Waals surface area contributed by atoms with Crippen LogP contribution in [0, 0.1) is 0 Å². The van der Waals surface area contributed by atoms with Gasteiger partial charge in [-0.25, -0.2) is 0 Å². The monoisotopic (exact) mass is 280 g/mol. The van der Waals surface area contributed by atoms with Crippen molar-refractivity contribution >= 4 is 29.1 Å². The van der Waals surface area contributed by atoms with Crippen molar-refractivity contribution in [3.8, 4) is 0 Å². The number of nitrogens with two attached hydrogens (primary N) is 1. The molecule has 1 fully saturated rings. The molecule has 0 unspecified atom stereocenters. The number of fused-ring (bicyclic) bond motifs is 1. The molecule has 0 saturated carbocycles. The molecule has 2 heterocycles. The second kappa shape index (κ2) is 4.51. The van der Waals surface area contributed by atoms with E-state index < -0.39 is 0 Å². The second-order valence-corrected chi connectivity index (χ2v) is 5.12. The number of benzene rings is 1. The molecular formula is C13H13ClN2O3. The Bertz CT molecular complexity index is 526. The van der Waals surface area contributed by atoms with Gasteiger partial charge in [-0.1, -0.05) is 11.6 Å². The van der Waals surface area contributed by atoms with E-state index in [0.29, 0.717) is 31.7 Å². The van der Waals surface area contributed by atoms with Crippen LogP contribution in [0.15, 0.2) is 12.1 Å². The zero-order chi connectivity index (χ0) is 13.6. The van der Waals surface area contributed by atoms with Gasteiger partial charge in [0.05, 0.1) is 16.1 Å². The number of anilines is 1. The standard InChI is InChI=1S/C13H13ClN2O3/c14-8-1-2-9(15)11-10(8)12(17)16(13(11)18)7-3-5-19-6-4-7/h1-2,7H,3-6,15H2. The molecule has 0 bridgehead atoms. The summed E-state index contributed by atoms with van der Waals surface area (Å²) >= 11 is 6.03. The lowest BCUT2D eigenvalue weighted by Gasteiger charge is -2.29. The normalized spacial score (nSPS) is 19.9. The molecule has 0 aromatic heterocycles. The van der Waals surface area contributed by atoms with Crippen molar-refractivity contribution < 1.29 is 14.3 Å². The molecule has 2 amide bonds. The first kappa shape index (κ1) is 12.4. The highest BCUT2D eigenvalue weighted by atomic mass is 35.5. The molecule has 6 heteroatoms. The van der Waals surface area contributed by atoms with Crippen molar-refractivity contribution in [1.29, 1.82) is 0 Å². The predicted molar refractivity (Wildman–Crippen MR) is 70.2 cm³/mol. The van der Waals surface area contributed by atoms with E-state index in [9.17, 15) is 9.59 Å². The van der Waals surface area contributed by atoms with Crippen LogP contribution in [0.2, 0.25) is 5.02 Å². The minimum Gasteiger partial charge on any atom is -0.398 e. The molecule has 3 rings (SSSR count). The number of amides is 2. The van der Waals surface area contributed by atoms with Crippen LogP contribution in [-0.4, -0.2) is 36.0 Å². The Balaban J connectivity index is 2.04. The van der Waals surface area contributed by atoms with Crippen LogP contribution >= 0.6 is 11.6 Å². The molecule has 1 aromatic rings. The van der Waals surface area contributed by atoms with Crippen LogP contribution in [0.5, 0.6) is 0 Å². The molecule has 0 spiro atoms. The number of carbonyl (C=O) groups excluding carboxylic acids is 2. The number of nitrogen functional groups attached to an aromatic ring is 1. The lowest BCUT2D eigenvalue weighted by molar-refractivity contribution is 0.0295. The first-order chi connectivity index (χ1) is 9.11. The third-order valence-electron chi connectivity index (χ3n) is 3.61. The number of rotatable bonds is 1. The minimum atomic E-state index is -0.343. The predicted octanol–water partition coefficient (Wildman–Crippen LogP) is 1.70. The number of imide groups is 1. The fraction of sp³-hybridized carbons (Fsp3) is 0.385. The molecule has 0 atom stereocenters. The van der Waals surface area contributed by atoms with Crippen molar-refractivity contribution in [3.05, 3.63) is 28.3 Å². The van der Waals surface area contributed by atoms with Gasteiger partial charge in [0.2, 0.25) is 0 Å². The van der Waals surface area contributed by atoms with Gasteiger partial charge in [0.25, 0.3) is 11.8 Å². The molecule has 0 radical (unpaired) electrons. The Hall–Kier alpha value is -1.59. The number of hydrogen-bond donors (Lipinski definition) is 1. The minimum absolute atomic E-state index is 0.128. The summed E-state index contributed by atoms with van der Waals surface area (Å²) in [5, 5.41) is 0.275. The second-order valence-electron chi connectivity index (χ2n) is 4.71. The third kappa shape index (κ3) is 1.81. The van der Waals surface area contributed by atoms with Crippen LogP contribution in [0.1, 0.15) is 33.6 Å². The first-order valence-electron chi connectivity index (χ1n) is 6.15. The summed E-state index contributed by atoms with van der Waals surface area (Å²) in [5.74, 6) is -0.684. The quantitative estimate of drug-likeness (QED) is 0.628. The van der Waals surface area contributed by atoms with Crippen molar-refractivity contribution in [2.24, 2.45) is 0 Å². The summed E-state index contributed by atoms with van der Waals surface area (Å²) in [6.45, 7) is 1.11. The van der Waals surface area contributed by atoms with Crippen LogP contribution in [0.3, 0.4) is 0 Å². The van der Waals surface area contributed by atoms with E-state index in [0.717, 1.165) is 0 Å². The molecule has 1 aromatic carbocycles. The maximum atomic E-state index is 12.4. The molecule has 2 N–H and O–H groups in total. The molecule has 100 valence electrons. The SMILES string of the molecule is Nc1ccc(Cl)c2c1C(=O)N(C1CCOCC1)C2=O. The number of ether oxygens (including phenoxy) is 1. The average Bonchev–Trinajstić information content (AvgIpc) is 2.68. The van der Waals surface area contributed by atoms with E-state index in [4.69, 9.17) is 22.1 Å². The summed E-state index contributed by atoms with van der Waals surface area (Å²) in [6.07, 6.45) is 1.31. The van der Waals surface area contributed by atoms with Crippen LogP contribution in [0.25, 0.3) is 0 Å². The summed E-state index contributed by atoms with van der Waals surface area (Å²) in [7, 11) is 0. The van der Waals surface area contributed by atoms with Crippen molar-refractivity contribution in [1.82, 2.24) is 4.90 Å². The Morgan fingerprint density at radius 3 is 2.42 bits per heavy atom. The molecule has 0 aliphatic carbocycles. The maximum Gasteiger partial charge on any atom is 0.263 e. The van der Waals surface area contributed by atoms with Gasteiger partial charge < -0.3 is 10.5 Å². The summed E-state index contributed by atoms with van der Waals surface area (Å²) in [4.78, 5) is 26.1. The van der Waals surface area contributed by atoms with E-state index in [1.807, 2.05) is 0 Å². The van der Waals surface area contributed by atoms with E-state index in [-0.39, 0.29) is 34.0 Å². The Morgan fingerprint density at radius 1 is 1.16 bits per heavy atom. The van der Waals surface area contributed by atoms with Crippen LogP contribution in [-0.2, 0) is 4.74 Å². The third-order valence-corrected chi connectivity index (χ3v) is 3.92. The average molecular weight is 281 g/mol. The van der Waals surface area contributed by atoms with Gasteiger partial charge in [0, 0.05) is 24.9 Å². The smallest absolute Gasteiger partial charge is 0.263 e. The van der Waals surface area contributed by atoms with Gasteiger partial charge in [-0.15, -0.1) is 0 Å². The zero-order valence-corrected chi connectivity index (χ0v) is 10.9. The van der Waals surface area contributed by atoms with Crippen LogP contribution < -0.4 is 5.73 Å². The Labute approximate surface area is 115 Å². The van der Waals surface area contributed by atoms with Crippen LogP contribution in [0.4, 0.5) is 5.69 Å². The highest BCUT2D eigenvalue weighted by molar-refractivity contribution is 6.38. The van der Waals surface area contributed by atoms with Gasteiger partial charge in [-0.05, 0) is 25.0 Å². The Kier molecular flexibility index (Phi) is 2.95. The maximum absolute atomic E-state index is 12.4. The van der Waals surface area contributed by atoms with E-state index in [1.165, 1.54) is 4.90 Å². The molecule has 2 aliphatic heterocycles. The lowest BCUT2D eigenvalue weighted by Crippen LogP contribution is -2.43. The van der Waals surface area contributed by atoms with E-state index in [1.54, 1.807) is 12.1 Å². The van der Waals surface area contributed by atoms with Gasteiger partial charge in [-0.3, -0.25) is 14.5 Å². The highest BCUT2D eigenvalue weighted by Crippen LogP contribution is 2.35. The molecule has 19 heavy (non-hydrogen) atoms. The lowest BCUT2D eigenvalue weighted by atomic mass is 10.1. The number of carbonyl (C=O) groups is 2. The topological polar surface area (TPSA) is 72.6 Å². The molecule has 2 aliphatic rings. The van der Waals surface area contributed by atoms with E-state index >= 15 is 0 Å². The summed E-state index contributed by atoms with van der Waals surface area (Å²) in [5.41, 5.74) is 6.57. The zero-order valence-electron chi connectivity index (χ0n) is 10.2. The fourth-order valence-corrected chi connectivity index (χ4v) is 2.88. The van der Waals surface area contributed by atoms with Gasteiger partial charge in [0.15, 0.2) is 0 Å². The van der Waals surface area contributed by atoms with Gasteiger partial charge in [0.1, 0.15) is 0 Å². The van der Waals surface area contributed by atoms with Crippen molar-refractivity contribution in [3.63, 3.8) is 0 Å². The van der Waals surface area contributed by atoms with Crippen molar-refractivity contribution in [2.75, 3.05) is 18.9 Å². The number of hydrogen-bond acceptors (Lipinski definition) is 4. The fourth-order valence-electron chi connectivity index (χ4n) is 2.64. The molecule has 5 nitrogen and oxygen atoms in total. The summed E-state index contributed by atoms with van der Waals surface area (Å²) in [6, 6.07) is 2.98. The van der Waals surface area contributed by atoms with Crippen molar-refractivity contribution in [2.45, 2.75) is 18.9 Å². The summed E-state index contributed by atoms with van der Waals surface area (Å²) < 4.78 is 5.25. The number of halogens is 1. The van der Waals surface area contributed by atoms with Gasteiger partial charge >= 0.3 is 0 Å². The van der Waals surface area contributed by atoms with E-state index in [2.05, 4.69) is 0 Å².